The van der Waals surface area contributed by atoms with Crippen LogP contribution in [0.15, 0.2) is 24.5 Å². The van der Waals surface area contributed by atoms with Crippen LogP contribution in [0.5, 0.6) is 5.75 Å². The van der Waals surface area contributed by atoms with E-state index in [0.717, 1.165) is 5.82 Å². The van der Waals surface area contributed by atoms with E-state index in [0.29, 0.717) is 11.9 Å². The molecule has 2 rings (SSSR count). The maximum atomic E-state index is 9.43. The van der Waals surface area contributed by atoms with Crippen molar-refractivity contribution in [3.63, 3.8) is 0 Å². The number of hydrogen-bond acceptors (Lipinski definition) is 3. The van der Waals surface area contributed by atoms with Crippen LogP contribution >= 0.6 is 0 Å². The zero-order valence-corrected chi connectivity index (χ0v) is 7.01. The highest BCUT2D eigenvalue weighted by atomic mass is 16.3. The number of nitrogens with zero attached hydrogens (tertiary/aromatic N) is 2. The smallest absolute Gasteiger partial charge is 0.141 e. The zero-order chi connectivity index (χ0) is 9.26. The van der Waals surface area contributed by atoms with E-state index in [-0.39, 0.29) is 12.4 Å². The first-order valence-corrected chi connectivity index (χ1v) is 4.07. The van der Waals surface area contributed by atoms with Gasteiger partial charge < -0.3 is 14.6 Å². The molecule has 0 aliphatic rings. The molecule has 0 bridgehead atoms. The number of pyridine rings is 1. The molecule has 13 heavy (non-hydrogen) atoms. The Kier molecular flexibility index (Phi) is 1.90. The summed E-state index contributed by atoms with van der Waals surface area (Å²) in [5.74, 6) is 0.965. The van der Waals surface area contributed by atoms with Gasteiger partial charge in [-0.2, -0.15) is 0 Å². The molecule has 4 nitrogen and oxygen atoms in total. The van der Waals surface area contributed by atoms with Gasteiger partial charge in [0.25, 0.3) is 0 Å². The molecular weight excluding hydrogens is 168 g/mol. The van der Waals surface area contributed by atoms with Crippen molar-refractivity contribution in [1.82, 2.24) is 9.38 Å². The molecule has 0 saturated carbocycles. The summed E-state index contributed by atoms with van der Waals surface area (Å²) < 4.78 is 1.77. The summed E-state index contributed by atoms with van der Waals surface area (Å²) in [7, 11) is 0. The Labute approximate surface area is 75.1 Å². The Morgan fingerprint density at radius 2 is 2.31 bits per heavy atom. The lowest BCUT2D eigenvalue weighted by Crippen LogP contribution is -1.97. The third-order valence-electron chi connectivity index (χ3n) is 1.96. The SMILES string of the molecule is OCCc1ncc2c(O)cccn12. The van der Waals surface area contributed by atoms with Gasteiger partial charge in [-0.1, -0.05) is 0 Å². The van der Waals surface area contributed by atoms with Gasteiger partial charge in [-0.25, -0.2) is 4.98 Å². The second kappa shape index (κ2) is 3.06. The van der Waals surface area contributed by atoms with Crippen LogP contribution in [0.1, 0.15) is 5.82 Å². The molecule has 0 fully saturated rings. The molecule has 0 atom stereocenters. The molecule has 0 amide bonds. The highest BCUT2D eigenvalue weighted by molar-refractivity contribution is 5.58. The average Bonchev–Trinajstić information content (AvgIpc) is 2.51. The lowest BCUT2D eigenvalue weighted by atomic mass is 10.4. The van der Waals surface area contributed by atoms with E-state index in [1.807, 2.05) is 6.20 Å². The predicted molar refractivity (Wildman–Crippen MR) is 47.6 cm³/mol. The van der Waals surface area contributed by atoms with Gasteiger partial charge in [-0.3, -0.25) is 0 Å². The monoisotopic (exact) mass is 178 g/mol. The van der Waals surface area contributed by atoms with Crippen molar-refractivity contribution in [2.75, 3.05) is 6.61 Å². The van der Waals surface area contributed by atoms with Crippen LogP contribution in [0.25, 0.3) is 5.52 Å². The van der Waals surface area contributed by atoms with Crippen LogP contribution in [0.2, 0.25) is 0 Å². The van der Waals surface area contributed by atoms with E-state index in [1.54, 1.807) is 22.7 Å². The molecule has 68 valence electrons. The summed E-state index contributed by atoms with van der Waals surface area (Å²) in [5.41, 5.74) is 0.672. The number of aliphatic hydroxyl groups excluding tert-OH is 1. The number of rotatable bonds is 2. The van der Waals surface area contributed by atoms with Crippen molar-refractivity contribution < 1.29 is 10.2 Å². The number of aliphatic hydroxyl groups is 1. The third-order valence-corrected chi connectivity index (χ3v) is 1.96. The van der Waals surface area contributed by atoms with E-state index in [4.69, 9.17) is 5.11 Å². The van der Waals surface area contributed by atoms with E-state index < -0.39 is 0 Å². The van der Waals surface area contributed by atoms with E-state index in [9.17, 15) is 5.11 Å². The lowest BCUT2D eigenvalue weighted by Gasteiger charge is -1.99. The van der Waals surface area contributed by atoms with Gasteiger partial charge in [0.15, 0.2) is 0 Å². The minimum Gasteiger partial charge on any atom is -0.506 e. The average molecular weight is 178 g/mol. The molecule has 0 unspecified atom stereocenters. The first kappa shape index (κ1) is 8.07. The van der Waals surface area contributed by atoms with Crippen LogP contribution in [0.4, 0.5) is 0 Å². The van der Waals surface area contributed by atoms with Crippen LogP contribution in [-0.2, 0) is 6.42 Å². The second-order valence-corrected chi connectivity index (χ2v) is 2.80. The van der Waals surface area contributed by atoms with Crippen LogP contribution < -0.4 is 0 Å². The zero-order valence-electron chi connectivity index (χ0n) is 7.01. The summed E-state index contributed by atoms with van der Waals surface area (Å²) in [5, 5.41) is 18.2. The summed E-state index contributed by atoms with van der Waals surface area (Å²) in [4.78, 5) is 4.09. The second-order valence-electron chi connectivity index (χ2n) is 2.80. The number of fused-ring (bicyclic) bond motifs is 1. The minimum atomic E-state index is 0.0643. The quantitative estimate of drug-likeness (QED) is 0.707. The van der Waals surface area contributed by atoms with Gasteiger partial charge in [0.05, 0.1) is 12.8 Å². The normalized spacial score (nSPS) is 10.8. The van der Waals surface area contributed by atoms with E-state index in [2.05, 4.69) is 4.98 Å². The highest BCUT2D eigenvalue weighted by Gasteiger charge is 2.04. The molecule has 2 heterocycles. The Bertz CT molecular complexity index is 422. The van der Waals surface area contributed by atoms with Gasteiger partial charge in [0.2, 0.25) is 0 Å². The van der Waals surface area contributed by atoms with Crippen molar-refractivity contribution in [3.8, 4) is 5.75 Å². The van der Waals surface area contributed by atoms with Crippen LogP contribution in [0, 0.1) is 0 Å². The molecule has 2 N–H and O–H groups in total. The third kappa shape index (κ3) is 1.25. The maximum absolute atomic E-state index is 9.43. The standard InChI is InChI=1S/C9H10N2O2/c12-5-3-9-10-6-7-8(13)2-1-4-11(7)9/h1-2,4,6,12-13H,3,5H2. The topological polar surface area (TPSA) is 57.8 Å². The first-order chi connectivity index (χ1) is 6.33. The molecule has 4 heteroatoms. The van der Waals surface area contributed by atoms with Gasteiger partial charge >= 0.3 is 0 Å². The molecule has 0 aliphatic heterocycles. The molecule has 2 aromatic rings. The number of hydrogen-bond donors (Lipinski definition) is 2. The molecule has 0 aliphatic carbocycles. The maximum Gasteiger partial charge on any atom is 0.141 e. The summed E-state index contributed by atoms with van der Waals surface area (Å²) in [6, 6.07) is 3.35. The number of imidazole rings is 1. The predicted octanol–water partition coefficient (Wildman–Crippen LogP) is 0.575. The fourth-order valence-corrected chi connectivity index (χ4v) is 1.35. The number of aromatic nitrogens is 2. The molecule has 0 spiro atoms. The lowest BCUT2D eigenvalue weighted by molar-refractivity contribution is 0.296. The van der Waals surface area contributed by atoms with E-state index >= 15 is 0 Å². The first-order valence-electron chi connectivity index (χ1n) is 4.07. The highest BCUT2D eigenvalue weighted by Crippen LogP contribution is 2.18. The largest absolute Gasteiger partial charge is 0.506 e. The summed E-state index contributed by atoms with van der Waals surface area (Å²) in [6.45, 7) is 0.0643. The Morgan fingerprint density at radius 1 is 1.46 bits per heavy atom. The van der Waals surface area contributed by atoms with Gasteiger partial charge in [0, 0.05) is 12.6 Å². The fraction of sp³-hybridized carbons (Fsp3) is 0.222. The fourth-order valence-electron chi connectivity index (χ4n) is 1.35. The minimum absolute atomic E-state index is 0.0643. The Balaban J connectivity index is 2.61. The van der Waals surface area contributed by atoms with Crippen LogP contribution in [0.3, 0.4) is 0 Å². The molecule has 2 aromatic heterocycles. The summed E-state index contributed by atoms with van der Waals surface area (Å²) >= 11 is 0. The van der Waals surface area contributed by atoms with Gasteiger partial charge in [-0.15, -0.1) is 0 Å². The van der Waals surface area contributed by atoms with Gasteiger partial charge in [0.1, 0.15) is 17.1 Å². The van der Waals surface area contributed by atoms with Crippen molar-refractivity contribution in [1.29, 1.82) is 0 Å². The molecule has 0 aromatic carbocycles. The Hall–Kier alpha value is -1.55. The van der Waals surface area contributed by atoms with E-state index in [1.165, 1.54) is 0 Å². The Morgan fingerprint density at radius 3 is 3.08 bits per heavy atom. The van der Waals surface area contributed by atoms with Gasteiger partial charge in [-0.05, 0) is 12.1 Å². The molecule has 0 radical (unpaired) electrons. The van der Waals surface area contributed by atoms with Crippen LogP contribution in [-0.4, -0.2) is 26.2 Å². The molecule has 0 saturated heterocycles. The number of aromatic hydroxyl groups is 1. The summed E-state index contributed by atoms with van der Waals surface area (Å²) in [6.07, 6.45) is 3.91. The van der Waals surface area contributed by atoms with Crippen molar-refractivity contribution in [3.05, 3.63) is 30.4 Å². The molecular formula is C9H10N2O2. The van der Waals surface area contributed by atoms with Crippen molar-refractivity contribution in [2.24, 2.45) is 0 Å². The van der Waals surface area contributed by atoms with Crippen molar-refractivity contribution >= 4 is 5.52 Å². The van der Waals surface area contributed by atoms with Crippen molar-refractivity contribution in [2.45, 2.75) is 6.42 Å².